The van der Waals surface area contributed by atoms with Crippen LogP contribution < -0.4 is 4.74 Å². The fourth-order valence-electron chi connectivity index (χ4n) is 4.17. The van der Waals surface area contributed by atoms with Gasteiger partial charge in [-0.05, 0) is 63.0 Å². The summed E-state index contributed by atoms with van der Waals surface area (Å²) in [5.74, 6) is -1.45. The van der Waals surface area contributed by atoms with Crippen molar-refractivity contribution < 1.29 is 27.8 Å². The number of aryl methyl sites for hydroxylation is 1. The number of nitrogens with one attached hydrogen (secondary N) is 1. The standard InChI is InChI=1S/C20H22N4O.C2HF3O2/c1-13-10-16-11-15(2-3-17(16)21-13)18-4-5-20(23-22-18)25-19-12-24-8-6-14(19)7-9-24;3-2(4,5)1(6)7/h2-5,10-11,14,19,21H,6-9,12H2,1H3;(H,6,7)/t19-;/m0./s1. The zero-order chi connectivity index (χ0) is 22.9. The molecule has 0 amide bonds. The van der Waals surface area contributed by atoms with Crippen molar-refractivity contribution >= 4 is 16.9 Å². The predicted octanol–water partition coefficient (Wildman–Crippen LogP) is 4.04. The van der Waals surface area contributed by atoms with Gasteiger partial charge in [0.15, 0.2) is 0 Å². The summed E-state index contributed by atoms with van der Waals surface area (Å²) in [6.07, 6.45) is -2.33. The van der Waals surface area contributed by atoms with E-state index >= 15 is 0 Å². The van der Waals surface area contributed by atoms with Gasteiger partial charge in [0, 0.05) is 34.8 Å². The smallest absolute Gasteiger partial charge is 0.475 e. The minimum absolute atomic E-state index is 0.266. The van der Waals surface area contributed by atoms with Crippen molar-refractivity contribution in [1.82, 2.24) is 20.1 Å². The number of alkyl halides is 3. The van der Waals surface area contributed by atoms with Crippen LogP contribution in [0.15, 0.2) is 36.4 Å². The quantitative estimate of drug-likeness (QED) is 0.629. The molecule has 2 N–H and O–H groups in total. The molecule has 7 nitrogen and oxygen atoms in total. The van der Waals surface area contributed by atoms with Crippen molar-refractivity contribution in [3.63, 3.8) is 0 Å². The molecule has 5 heterocycles. The SMILES string of the molecule is Cc1cc2cc(-c3ccc(O[C@H]4CN5CCC4CC5)nn3)ccc2[nH]1.O=C(O)C(F)(F)F. The number of aromatic nitrogens is 3. The zero-order valence-electron chi connectivity index (χ0n) is 17.4. The summed E-state index contributed by atoms with van der Waals surface area (Å²) in [6, 6.07) is 12.4. The highest BCUT2D eigenvalue weighted by Gasteiger charge is 2.38. The molecule has 0 aliphatic carbocycles. The number of nitrogens with zero attached hydrogens (tertiary/aromatic N) is 3. The predicted molar refractivity (Wildman–Crippen MR) is 111 cm³/mol. The number of hydrogen-bond donors (Lipinski definition) is 2. The molecule has 3 fully saturated rings. The first kappa shape index (κ1) is 22.1. The maximum atomic E-state index is 10.6. The Labute approximate surface area is 182 Å². The Balaban J connectivity index is 0.000000307. The Kier molecular flexibility index (Phi) is 6.05. The van der Waals surface area contributed by atoms with Gasteiger partial charge >= 0.3 is 12.1 Å². The molecule has 0 saturated carbocycles. The molecule has 1 aromatic carbocycles. The van der Waals surface area contributed by atoms with Crippen LogP contribution in [-0.4, -0.2) is 63.1 Å². The molecule has 3 aliphatic rings. The zero-order valence-corrected chi connectivity index (χ0v) is 17.4. The molecule has 0 unspecified atom stereocenters. The molecule has 2 aromatic heterocycles. The number of fused-ring (bicyclic) bond motifs is 4. The molecule has 3 aliphatic heterocycles. The molecule has 0 radical (unpaired) electrons. The van der Waals surface area contributed by atoms with Gasteiger partial charge in [0.05, 0.1) is 5.69 Å². The number of hydrogen-bond acceptors (Lipinski definition) is 5. The van der Waals surface area contributed by atoms with Crippen LogP contribution in [0.5, 0.6) is 5.88 Å². The van der Waals surface area contributed by atoms with Crippen LogP contribution in [0.2, 0.25) is 0 Å². The lowest BCUT2D eigenvalue weighted by atomic mass is 9.86. The summed E-state index contributed by atoms with van der Waals surface area (Å²) in [5.41, 5.74) is 4.27. The van der Waals surface area contributed by atoms with Gasteiger partial charge in [0.25, 0.3) is 0 Å². The topological polar surface area (TPSA) is 91.3 Å². The lowest BCUT2D eigenvalue weighted by Gasteiger charge is -2.44. The number of rotatable bonds is 3. The van der Waals surface area contributed by atoms with Crippen molar-refractivity contribution in [3.8, 4) is 17.1 Å². The molecule has 2 bridgehead atoms. The summed E-state index contributed by atoms with van der Waals surface area (Å²) in [6.45, 7) is 5.53. The lowest BCUT2D eigenvalue weighted by molar-refractivity contribution is -0.192. The number of aromatic amines is 1. The number of H-pyrrole nitrogens is 1. The average Bonchev–Trinajstić information content (AvgIpc) is 3.14. The van der Waals surface area contributed by atoms with Gasteiger partial charge in [0.2, 0.25) is 5.88 Å². The number of ether oxygens (including phenoxy) is 1. The van der Waals surface area contributed by atoms with Gasteiger partial charge in [-0.15, -0.1) is 10.2 Å². The van der Waals surface area contributed by atoms with Gasteiger partial charge in [-0.25, -0.2) is 4.79 Å². The van der Waals surface area contributed by atoms with Crippen molar-refractivity contribution in [3.05, 3.63) is 42.1 Å². The molecule has 10 heteroatoms. The normalized spacial score (nSPS) is 22.3. The summed E-state index contributed by atoms with van der Waals surface area (Å²) in [7, 11) is 0. The van der Waals surface area contributed by atoms with E-state index in [9.17, 15) is 13.2 Å². The average molecular weight is 448 g/mol. The fourth-order valence-corrected chi connectivity index (χ4v) is 4.17. The maximum Gasteiger partial charge on any atom is 0.490 e. The lowest BCUT2D eigenvalue weighted by Crippen LogP contribution is -2.52. The van der Waals surface area contributed by atoms with E-state index in [1.807, 2.05) is 12.1 Å². The van der Waals surface area contributed by atoms with Gasteiger partial charge in [-0.1, -0.05) is 6.07 Å². The van der Waals surface area contributed by atoms with Crippen LogP contribution in [0.3, 0.4) is 0 Å². The first-order valence-electron chi connectivity index (χ1n) is 10.3. The van der Waals surface area contributed by atoms with E-state index in [-0.39, 0.29) is 6.10 Å². The Bertz CT molecular complexity index is 1090. The number of aliphatic carboxylic acids is 1. The maximum absolute atomic E-state index is 10.6. The third-order valence-corrected chi connectivity index (χ3v) is 5.80. The summed E-state index contributed by atoms with van der Waals surface area (Å²) in [5, 5.41) is 17.0. The van der Waals surface area contributed by atoms with Gasteiger partial charge < -0.3 is 14.8 Å². The molecular weight excluding hydrogens is 425 g/mol. The summed E-state index contributed by atoms with van der Waals surface area (Å²) >= 11 is 0. The number of halogens is 3. The molecule has 1 atom stereocenters. The summed E-state index contributed by atoms with van der Waals surface area (Å²) < 4.78 is 37.9. The van der Waals surface area contributed by atoms with Crippen LogP contribution in [0.1, 0.15) is 18.5 Å². The second-order valence-electron chi connectivity index (χ2n) is 8.11. The van der Waals surface area contributed by atoms with E-state index in [1.54, 1.807) is 0 Å². The third kappa shape index (κ3) is 5.01. The summed E-state index contributed by atoms with van der Waals surface area (Å²) in [4.78, 5) is 14.7. The Hall–Kier alpha value is -3.14. The van der Waals surface area contributed by atoms with Crippen LogP contribution in [0.25, 0.3) is 22.2 Å². The highest BCUT2D eigenvalue weighted by molar-refractivity contribution is 5.85. The second-order valence-corrected chi connectivity index (χ2v) is 8.11. The minimum atomic E-state index is -5.08. The highest BCUT2D eigenvalue weighted by Crippen LogP contribution is 2.30. The molecule has 170 valence electrons. The van der Waals surface area contributed by atoms with Crippen LogP contribution in [0.4, 0.5) is 13.2 Å². The minimum Gasteiger partial charge on any atom is -0.475 e. The van der Waals surface area contributed by atoms with E-state index in [0.29, 0.717) is 11.8 Å². The Morgan fingerprint density at radius 2 is 1.88 bits per heavy atom. The van der Waals surface area contributed by atoms with Crippen LogP contribution >= 0.6 is 0 Å². The molecule has 6 rings (SSSR count). The third-order valence-electron chi connectivity index (χ3n) is 5.80. The number of carboxylic acids is 1. The number of carbonyl (C=O) groups is 1. The first-order valence-corrected chi connectivity index (χ1v) is 10.3. The van der Waals surface area contributed by atoms with Crippen molar-refractivity contribution in [2.24, 2.45) is 5.92 Å². The Morgan fingerprint density at radius 3 is 2.44 bits per heavy atom. The van der Waals surface area contributed by atoms with E-state index in [0.717, 1.165) is 23.3 Å². The van der Waals surface area contributed by atoms with Crippen molar-refractivity contribution in [2.45, 2.75) is 32.0 Å². The second kappa shape index (κ2) is 8.78. The Morgan fingerprint density at radius 1 is 1.16 bits per heavy atom. The number of benzene rings is 1. The van der Waals surface area contributed by atoms with Crippen LogP contribution in [0, 0.1) is 12.8 Å². The number of piperidine rings is 3. The van der Waals surface area contributed by atoms with Crippen molar-refractivity contribution in [2.75, 3.05) is 19.6 Å². The molecule has 3 aromatic rings. The monoisotopic (exact) mass is 448 g/mol. The largest absolute Gasteiger partial charge is 0.490 e. The van der Waals surface area contributed by atoms with Crippen molar-refractivity contribution in [1.29, 1.82) is 0 Å². The highest BCUT2D eigenvalue weighted by atomic mass is 19.4. The van der Waals surface area contributed by atoms with Gasteiger partial charge in [-0.3, -0.25) is 4.90 Å². The molecular formula is C22H23F3N4O3. The fraction of sp³-hybridized carbons (Fsp3) is 0.409. The van der Waals surface area contributed by atoms with E-state index in [2.05, 4.69) is 51.3 Å². The van der Waals surface area contributed by atoms with E-state index in [1.165, 1.54) is 37.0 Å². The molecule has 32 heavy (non-hydrogen) atoms. The molecule has 3 saturated heterocycles. The number of carboxylic acid groups (broad SMARTS) is 1. The molecule has 0 spiro atoms. The van der Waals surface area contributed by atoms with Gasteiger partial charge in [-0.2, -0.15) is 13.2 Å². The first-order chi connectivity index (χ1) is 15.2. The van der Waals surface area contributed by atoms with E-state index in [4.69, 9.17) is 14.6 Å². The van der Waals surface area contributed by atoms with Crippen LogP contribution in [-0.2, 0) is 4.79 Å². The van der Waals surface area contributed by atoms with Gasteiger partial charge in [0.1, 0.15) is 6.10 Å². The van der Waals surface area contributed by atoms with E-state index < -0.39 is 12.1 Å².